The summed E-state index contributed by atoms with van der Waals surface area (Å²) >= 11 is 0. The lowest BCUT2D eigenvalue weighted by molar-refractivity contribution is -0.159. The monoisotopic (exact) mass is 471 g/mol. The van der Waals surface area contributed by atoms with Gasteiger partial charge in [0.25, 0.3) is 0 Å². The Morgan fingerprint density at radius 3 is 2.55 bits per heavy atom. The van der Waals surface area contributed by atoms with E-state index >= 15 is 0 Å². The highest BCUT2D eigenvalue weighted by Gasteiger charge is 2.34. The Labute approximate surface area is 187 Å². The fourth-order valence-corrected chi connectivity index (χ4v) is 4.64. The summed E-state index contributed by atoms with van der Waals surface area (Å²) in [5.41, 5.74) is 2.89. The molecule has 2 unspecified atom stereocenters. The largest absolute Gasteiger partial charge is 0.438 e. The summed E-state index contributed by atoms with van der Waals surface area (Å²) in [5.74, 6) is -0.542. The van der Waals surface area contributed by atoms with Crippen LogP contribution >= 0.6 is 16.1 Å². The van der Waals surface area contributed by atoms with Crippen LogP contribution in [0.2, 0.25) is 0 Å². The number of aryl methyl sites for hydroxylation is 1. The van der Waals surface area contributed by atoms with E-state index in [1.54, 1.807) is 20.8 Å². The fraction of sp³-hybridized carbons (Fsp3) is 0.591. The second kappa shape index (κ2) is 12.6. The zero-order valence-electron chi connectivity index (χ0n) is 19.3. The third-order valence-corrected chi connectivity index (χ3v) is 7.97. The third kappa shape index (κ3) is 9.76. The van der Waals surface area contributed by atoms with E-state index < -0.39 is 39.6 Å². The molecular weight excluding hydrogens is 436 g/mol. The van der Waals surface area contributed by atoms with E-state index in [-0.39, 0.29) is 6.42 Å². The van der Waals surface area contributed by atoms with Crippen molar-refractivity contribution in [2.45, 2.75) is 52.9 Å². The second-order valence-electron chi connectivity index (χ2n) is 8.69. The van der Waals surface area contributed by atoms with Crippen molar-refractivity contribution in [2.24, 2.45) is 5.41 Å². The van der Waals surface area contributed by atoms with E-state index in [0.29, 0.717) is 13.0 Å². The maximum atomic E-state index is 12.4. The standard InChI is InChI=1S/C22H35NO6P2/c1-17-10-7-8-11-19(17)18(2)13-15-23(6)14-9-12-20(30-25)31(26,27)29-16-28-21(24)22(3,4)5/h7-8,10-11,13,20H,9,12,14-16H2,1-6H3,(H,26,27)/b18-13+. The van der Waals surface area contributed by atoms with Gasteiger partial charge in [-0.15, -0.1) is 0 Å². The van der Waals surface area contributed by atoms with Crippen molar-refractivity contribution in [1.29, 1.82) is 0 Å². The molecular formula is C22H35NO6P2. The zero-order chi connectivity index (χ0) is 23.7. The van der Waals surface area contributed by atoms with Crippen molar-refractivity contribution >= 4 is 27.6 Å². The van der Waals surface area contributed by atoms with E-state index in [1.807, 2.05) is 19.2 Å². The summed E-state index contributed by atoms with van der Waals surface area (Å²) in [6.07, 6.45) is 2.97. The molecule has 0 aromatic heterocycles. The Balaban J connectivity index is 2.48. The lowest BCUT2D eigenvalue weighted by Gasteiger charge is -2.21. The molecule has 0 aliphatic carbocycles. The molecule has 0 spiro atoms. The molecule has 0 aliphatic rings. The Hall–Kier alpha value is -1.36. The molecule has 0 aliphatic heterocycles. The highest BCUT2D eigenvalue weighted by Crippen LogP contribution is 2.53. The number of ether oxygens (including phenoxy) is 1. The van der Waals surface area contributed by atoms with Crippen molar-refractivity contribution in [3.63, 3.8) is 0 Å². The molecule has 0 radical (unpaired) electrons. The predicted octanol–water partition coefficient (Wildman–Crippen LogP) is 5.48. The van der Waals surface area contributed by atoms with Crippen molar-refractivity contribution in [1.82, 2.24) is 4.90 Å². The summed E-state index contributed by atoms with van der Waals surface area (Å²) < 4.78 is 33.6. The van der Waals surface area contributed by atoms with Gasteiger partial charge in [-0.2, -0.15) is 0 Å². The van der Waals surface area contributed by atoms with Crippen molar-refractivity contribution < 1.29 is 28.1 Å². The van der Waals surface area contributed by atoms with Gasteiger partial charge in [0.05, 0.1) is 5.41 Å². The normalized spacial score (nSPS) is 15.7. The van der Waals surface area contributed by atoms with Gasteiger partial charge in [-0.05, 0) is 77.8 Å². The van der Waals surface area contributed by atoms with E-state index in [2.05, 4.69) is 37.0 Å². The molecule has 0 amide bonds. The number of nitrogens with zero attached hydrogens (tertiary/aromatic N) is 1. The third-order valence-electron chi connectivity index (χ3n) is 4.82. The first-order valence-electron chi connectivity index (χ1n) is 10.3. The summed E-state index contributed by atoms with van der Waals surface area (Å²) in [4.78, 5) is 23.9. The van der Waals surface area contributed by atoms with Crippen molar-refractivity contribution in [2.75, 3.05) is 26.9 Å². The van der Waals surface area contributed by atoms with Crippen LogP contribution in [0.3, 0.4) is 0 Å². The molecule has 7 nitrogen and oxygen atoms in total. The molecule has 1 aromatic carbocycles. The summed E-state index contributed by atoms with van der Waals surface area (Å²) in [7, 11) is -2.68. The van der Waals surface area contributed by atoms with E-state index in [9.17, 15) is 18.8 Å². The molecule has 0 saturated heterocycles. The number of carbonyl (C=O) groups is 1. The SMILES string of the molecule is C/C(=C\CN(C)CCCC(P=O)P(=O)(O)OCOC(=O)C(C)(C)C)c1ccccc1C. The number of hydrogen-bond acceptors (Lipinski definition) is 6. The number of carbonyl (C=O) groups excluding carboxylic acids is 1. The lowest BCUT2D eigenvalue weighted by atomic mass is 9.98. The van der Waals surface area contributed by atoms with E-state index in [1.165, 1.54) is 16.7 Å². The maximum Gasteiger partial charge on any atom is 0.345 e. The molecule has 174 valence electrons. The van der Waals surface area contributed by atoms with Gasteiger partial charge in [0.15, 0.2) is 8.46 Å². The second-order valence-corrected chi connectivity index (χ2v) is 11.9. The van der Waals surface area contributed by atoms with Crippen LogP contribution in [0.1, 0.15) is 51.7 Å². The minimum atomic E-state index is -4.18. The molecule has 1 N–H and O–H groups in total. The molecule has 0 bridgehead atoms. The van der Waals surface area contributed by atoms with Crippen LogP contribution in [0.4, 0.5) is 0 Å². The van der Waals surface area contributed by atoms with Gasteiger partial charge in [0.2, 0.25) is 6.79 Å². The Kier molecular flexibility index (Phi) is 11.3. The Morgan fingerprint density at radius 2 is 1.97 bits per heavy atom. The van der Waals surface area contributed by atoms with Gasteiger partial charge in [-0.25, -0.2) is 0 Å². The fourth-order valence-electron chi connectivity index (χ4n) is 2.79. The van der Waals surface area contributed by atoms with Gasteiger partial charge in [-0.1, -0.05) is 30.3 Å². The summed E-state index contributed by atoms with van der Waals surface area (Å²) in [5, 5.41) is -1.06. The minimum absolute atomic E-state index is 0.247. The first kappa shape index (κ1) is 27.7. The predicted molar refractivity (Wildman–Crippen MR) is 124 cm³/mol. The van der Waals surface area contributed by atoms with Crippen LogP contribution in [-0.4, -0.2) is 48.1 Å². The molecule has 1 rings (SSSR count). The smallest absolute Gasteiger partial charge is 0.345 e. The van der Waals surface area contributed by atoms with Gasteiger partial charge in [-0.3, -0.25) is 18.4 Å². The van der Waals surface area contributed by atoms with Crippen LogP contribution in [0, 0.1) is 12.3 Å². The number of benzene rings is 1. The first-order chi connectivity index (χ1) is 14.4. The van der Waals surface area contributed by atoms with Gasteiger partial charge >= 0.3 is 13.6 Å². The average molecular weight is 471 g/mol. The number of esters is 1. The van der Waals surface area contributed by atoms with Gasteiger partial charge in [0, 0.05) is 6.54 Å². The van der Waals surface area contributed by atoms with E-state index in [0.717, 1.165) is 6.54 Å². The highest BCUT2D eigenvalue weighted by atomic mass is 31.2. The first-order valence-corrected chi connectivity index (χ1v) is 12.8. The molecule has 0 fully saturated rings. The van der Waals surface area contributed by atoms with Crippen LogP contribution in [-0.2, 0) is 23.2 Å². The molecule has 9 heteroatoms. The number of rotatable bonds is 12. The topological polar surface area (TPSA) is 93.1 Å². The maximum absolute atomic E-state index is 12.4. The number of hydrogen-bond donors (Lipinski definition) is 1. The molecule has 31 heavy (non-hydrogen) atoms. The quantitative estimate of drug-likeness (QED) is 0.245. The van der Waals surface area contributed by atoms with E-state index in [4.69, 9.17) is 9.26 Å². The summed E-state index contributed by atoms with van der Waals surface area (Å²) in [6, 6.07) is 8.21. The van der Waals surface area contributed by atoms with Crippen molar-refractivity contribution in [3.8, 4) is 0 Å². The highest BCUT2D eigenvalue weighted by molar-refractivity contribution is 7.62. The Bertz CT molecular complexity index is 818. The zero-order valence-corrected chi connectivity index (χ0v) is 21.1. The van der Waals surface area contributed by atoms with Gasteiger partial charge < -0.3 is 14.5 Å². The molecule has 1 aromatic rings. The van der Waals surface area contributed by atoms with Crippen LogP contribution in [0.25, 0.3) is 5.57 Å². The van der Waals surface area contributed by atoms with Gasteiger partial charge in [0.1, 0.15) is 5.40 Å². The van der Waals surface area contributed by atoms with Crippen molar-refractivity contribution in [3.05, 3.63) is 41.5 Å². The van der Waals surface area contributed by atoms with Crippen LogP contribution < -0.4 is 0 Å². The summed E-state index contributed by atoms with van der Waals surface area (Å²) in [6.45, 7) is 9.92. The Morgan fingerprint density at radius 1 is 1.32 bits per heavy atom. The van der Waals surface area contributed by atoms with Crippen LogP contribution in [0.15, 0.2) is 30.3 Å². The lowest BCUT2D eigenvalue weighted by Crippen LogP contribution is -2.24. The average Bonchev–Trinajstić information content (AvgIpc) is 2.68. The number of likely N-dealkylation sites (N-methyl/N-ethyl adjacent to an activating group) is 1. The molecule has 2 atom stereocenters. The number of allylic oxidation sites excluding steroid dienone is 1. The molecule has 0 saturated carbocycles. The minimum Gasteiger partial charge on any atom is -0.438 e. The molecule has 0 heterocycles. The van der Waals surface area contributed by atoms with Crippen LogP contribution in [0.5, 0.6) is 0 Å².